The zero-order valence-electron chi connectivity index (χ0n) is 51.4. The van der Waals surface area contributed by atoms with Gasteiger partial charge in [0.15, 0.2) is 0 Å². The van der Waals surface area contributed by atoms with E-state index in [2.05, 4.69) is 76.0 Å². The van der Waals surface area contributed by atoms with Crippen molar-refractivity contribution in [3.63, 3.8) is 0 Å². The lowest BCUT2D eigenvalue weighted by Crippen LogP contribution is -2.48. The number of primary sulfonamides is 3. The second-order valence-corrected chi connectivity index (χ2v) is 33.2. The molecule has 6 aromatic rings. The average molecular weight is 1470 g/mol. The predicted molar refractivity (Wildman–Crippen MR) is 339 cm³/mol. The lowest BCUT2D eigenvalue weighted by Gasteiger charge is -2.35. The Kier molecular flexibility index (Phi) is 22.9. The molecule has 7 atom stereocenters. The van der Waals surface area contributed by atoms with Crippen LogP contribution in [0, 0.1) is 0 Å². The molecular weight excluding hydrogens is 1390 g/mol. The molecular formula is C50H75F3N24O13S6. The maximum absolute atomic E-state index is 14.4. The highest BCUT2D eigenvalue weighted by molar-refractivity contribution is 7.93. The zero-order valence-corrected chi connectivity index (χ0v) is 56.3. The minimum atomic E-state index is -4.65. The van der Waals surface area contributed by atoms with E-state index in [1.54, 1.807) is 16.7 Å². The third-order valence-corrected chi connectivity index (χ3v) is 24.8. The van der Waals surface area contributed by atoms with Crippen LogP contribution in [0.25, 0.3) is 34.2 Å². The molecule has 3 aliphatic heterocycles. The second kappa shape index (κ2) is 29.8. The molecule has 6 heterocycles. The maximum Gasteiger partial charge on any atom is 0.242 e. The van der Waals surface area contributed by atoms with Crippen molar-refractivity contribution >= 4 is 77.2 Å². The van der Waals surface area contributed by atoms with Crippen LogP contribution in [0.4, 0.5) is 30.2 Å². The average Bonchev–Trinajstić information content (AvgIpc) is 1.42. The Bertz CT molecular complexity index is 4220. The fraction of sp³-hybridized carbons (Fsp3) is 0.580. The summed E-state index contributed by atoms with van der Waals surface area (Å²) in [6, 6.07) is 4.98. The van der Waals surface area contributed by atoms with E-state index in [4.69, 9.17) is 32.6 Å². The van der Waals surface area contributed by atoms with Crippen molar-refractivity contribution in [2.75, 3.05) is 60.5 Å². The predicted octanol–water partition coefficient (Wildman–Crippen LogP) is -2.34. The number of hydrogen-bond donors (Lipinski definition) is 13. The van der Waals surface area contributed by atoms with Gasteiger partial charge in [-0.1, -0.05) is 32.6 Å². The number of alkyl halides is 3. The Morgan fingerprint density at radius 1 is 0.490 bits per heavy atom. The summed E-state index contributed by atoms with van der Waals surface area (Å²) in [6.07, 6.45) is 2.28. The van der Waals surface area contributed by atoms with Gasteiger partial charge in [0.1, 0.15) is 47.9 Å². The van der Waals surface area contributed by atoms with Crippen molar-refractivity contribution in [2.45, 2.75) is 168 Å². The number of benzene rings is 3. The number of anilines is 3. The first-order valence-corrected chi connectivity index (χ1v) is 39.2. The van der Waals surface area contributed by atoms with Crippen molar-refractivity contribution in [2.24, 2.45) is 32.6 Å². The fourth-order valence-electron chi connectivity index (χ4n) is 11.9. The van der Waals surface area contributed by atoms with Crippen LogP contribution in [0.1, 0.15) is 84.0 Å². The molecule has 3 aromatic heterocycles. The number of aromatic nitrogens is 12. The van der Waals surface area contributed by atoms with E-state index in [1.165, 1.54) is 23.1 Å². The lowest BCUT2D eigenvalue weighted by atomic mass is 10.0. The first-order chi connectivity index (χ1) is 45.1. The molecule has 0 spiro atoms. The van der Waals surface area contributed by atoms with E-state index in [0.717, 1.165) is 43.9 Å². The number of tetrazole rings is 3. The van der Waals surface area contributed by atoms with Gasteiger partial charge in [-0.3, -0.25) is 0 Å². The Morgan fingerprint density at radius 3 is 1.03 bits per heavy atom. The summed E-state index contributed by atoms with van der Waals surface area (Å²) in [6.45, 7) is 1.87. The zero-order chi connectivity index (χ0) is 69.9. The number of nitrogens with two attached hydrogens (primary N) is 6. The van der Waals surface area contributed by atoms with E-state index in [9.17, 15) is 68.8 Å². The molecule has 0 unspecified atom stereocenters. The number of aromatic amines is 3. The number of nitrogens with zero attached hydrogens (tertiary/aromatic N) is 12. The molecule has 3 saturated heterocycles. The molecule has 2 saturated carbocycles. The van der Waals surface area contributed by atoms with Gasteiger partial charge in [-0.15, -0.1) is 30.6 Å². The number of aliphatic hydroxyl groups excluding tert-OH is 1. The van der Waals surface area contributed by atoms with Crippen LogP contribution in [0.15, 0.2) is 65.8 Å². The van der Waals surface area contributed by atoms with Gasteiger partial charge < -0.3 is 37.0 Å². The first kappa shape index (κ1) is 73.6. The number of sulfonamides is 6. The van der Waals surface area contributed by atoms with Crippen LogP contribution < -0.4 is 61.5 Å². The number of halogens is 3. The summed E-state index contributed by atoms with van der Waals surface area (Å²) in [5.41, 5.74) is 17.3. The standard InChI is InChI=1S/2C17H25FN8O4S2.C16H25FN8O5S2/c2*18-11-9-26(8-7-12(11)19)13-5-6-14(32(29,30)23-10-3-1-2-4-10)16(31(20,27)28)15(13)17-21-24-25-22-17;1-2-9(26)7-20-32(29,30)13-4-3-12(25-6-5-11(18)10(17)8-25)14(15(13)31(19,27)28)16-21-23-24-22-16/h2*5-6,10-12,23H,1-4,7-9,19H2,(H2,20,27,28)(H,21,22,24,25);3-4,9-11,20,26H,2,5-8,18H2,1H3,(H2,19,27,28)(H,21,22,23,24)/t2*11-,12+;9-,10-,11+/m101/s1. The molecule has 3 aromatic carbocycles. The van der Waals surface area contributed by atoms with Crippen LogP contribution in [0.3, 0.4) is 0 Å². The molecule has 46 heteroatoms. The Balaban J connectivity index is 0.000000169. The molecule has 2 aliphatic carbocycles. The van der Waals surface area contributed by atoms with Crippen LogP contribution in [-0.2, 0) is 60.1 Å². The van der Waals surface area contributed by atoms with Gasteiger partial charge in [-0.25, -0.2) is 93.3 Å². The molecule has 11 rings (SSSR count). The van der Waals surface area contributed by atoms with Gasteiger partial charge in [0.2, 0.25) is 77.6 Å². The van der Waals surface area contributed by atoms with Gasteiger partial charge in [0.25, 0.3) is 0 Å². The summed E-state index contributed by atoms with van der Waals surface area (Å²) in [4.78, 5) is 0.919. The number of hydrogen-bond acceptors (Lipinski definition) is 28. The van der Waals surface area contributed by atoms with E-state index in [-0.39, 0.29) is 109 Å². The van der Waals surface area contributed by atoms with Crippen LogP contribution in [-0.4, -0.2) is 218 Å². The van der Waals surface area contributed by atoms with E-state index in [1.807, 2.05) is 0 Å². The largest absolute Gasteiger partial charge is 0.392 e. The number of rotatable bonds is 20. The summed E-state index contributed by atoms with van der Waals surface area (Å²) in [7, 11) is -26.7. The molecule has 5 fully saturated rings. The first-order valence-electron chi connectivity index (χ1n) is 30.1. The highest BCUT2D eigenvalue weighted by atomic mass is 32.2. The number of H-pyrrole nitrogens is 3. The smallest absolute Gasteiger partial charge is 0.242 e. The minimum Gasteiger partial charge on any atom is -0.392 e. The molecule has 19 N–H and O–H groups in total. The number of nitrogens with one attached hydrogen (secondary N) is 6. The summed E-state index contributed by atoms with van der Waals surface area (Å²) in [5.74, 6) is -0.584. The van der Waals surface area contributed by atoms with Crippen molar-refractivity contribution in [3.8, 4) is 34.2 Å². The summed E-state index contributed by atoms with van der Waals surface area (Å²) < 4.78 is 205. The van der Waals surface area contributed by atoms with Gasteiger partial charge in [0, 0.05) is 73.5 Å². The van der Waals surface area contributed by atoms with Crippen molar-refractivity contribution < 1.29 is 68.8 Å². The summed E-state index contributed by atoms with van der Waals surface area (Å²) >= 11 is 0. The third kappa shape index (κ3) is 16.9. The van der Waals surface area contributed by atoms with Crippen molar-refractivity contribution in [1.29, 1.82) is 0 Å². The molecule has 0 amide bonds. The maximum atomic E-state index is 14.4. The topological polar surface area (TPSA) is 590 Å². The molecule has 0 radical (unpaired) electrons. The van der Waals surface area contributed by atoms with E-state index in [0.29, 0.717) is 51.6 Å². The normalized spacial score (nSPS) is 22.3. The van der Waals surface area contributed by atoms with Gasteiger partial charge in [-0.2, -0.15) is 15.6 Å². The highest BCUT2D eigenvalue weighted by Crippen LogP contribution is 2.43. The second-order valence-electron chi connectivity index (χ2n) is 23.6. The van der Waals surface area contributed by atoms with Gasteiger partial charge in [-0.05, 0) is 103 Å². The minimum absolute atomic E-state index is 0.109. The van der Waals surface area contributed by atoms with Gasteiger partial charge >= 0.3 is 0 Å². The number of piperidine rings is 3. The molecule has 530 valence electrons. The molecule has 37 nitrogen and oxygen atoms in total. The van der Waals surface area contributed by atoms with Crippen molar-refractivity contribution in [1.82, 2.24) is 76.0 Å². The van der Waals surface area contributed by atoms with Gasteiger partial charge in [0.05, 0.1) is 42.4 Å². The highest BCUT2D eigenvalue weighted by Gasteiger charge is 2.40. The lowest BCUT2D eigenvalue weighted by molar-refractivity contribution is 0.174. The summed E-state index contributed by atoms with van der Waals surface area (Å²) in [5, 5.41) is 66.1. The monoisotopic (exact) mass is 1470 g/mol. The van der Waals surface area contributed by atoms with Crippen molar-refractivity contribution in [3.05, 3.63) is 36.4 Å². The Morgan fingerprint density at radius 2 is 0.781 bits per heavy atom. The molecule has 0 bridgehead atoms. The Hall–Kier alpha value is -6.64. The van der Waals surface area contributed by atoms with Crippen LogP contribution in [0.5, 0.6) is 0 Å². The third-order valence-electron chi connectivity index (χ3n) is 16.9. The fourth-order valence-corrected chi connectivity index (χ4v) is 20.4. The van der Waals surface area contributed by atoms with Crippen LogP contribution >= 0.6 is 0 Å². The SMILES string of the molecule is CC[C@@H](O)CNS(=O)(=O)c1ccc(N2CC[C@H](N)[C@H](F)C2)c(-c2nn[nH]n2)c1S(N)(=O)=O.N[C@@H]1CCN(c2ccc(S(=O)(=O)NC3CCCC3)c(S(N)(=O)=O)c2-c2nn[nH]n2)C[C@@H]1F.N[C@H]1CCN(c2ccc(S(=O)(=O)NC3CCCC3)c(S(N)(=O)=O)c2-c2nn[nH]n2)C[C@H]1F. The quantitative estimate of drug-likeness (QED) is 0.0381. The van der Waals surface area contributed by atoms with E-state index < -0.39 is 132 Å². The van der Waals surface area contributed by atoms with Crippen LogP contribution in [0.2, 0.25) is 0 Å². The Labute approximate surface area is 550 Å². The molecule has 5 aliphatic rings. The molecule has 96 heavy (non-hydrogen) atoms. The van der Waals surface area contributed by atoms with E-state index >= 15 is 0 Å². The number of aliphatic hydroxyl groups is 1.